The molecule has 0 saturated carbocycles. The Morgan fingerprint density at radius 2 is 1.54 bits per heavy atom. The Labute approximate surface area is 156 Å². The molecule has 1 heterocycles. The summed E-state index contributed by atoms with van der Waals surface area (Å²) in [5.74, 6) is -0.271. The van der Waals surface area contributed by atoms with Gasteiger partial charge in [0.1, 0.15) is 5.82 Å². The van der Waals surface area contributed by atoms with Crippen molar-refractivity contribution >= 4 is 50.5 Å². The third-order valence-electron chi connectivity index (χ3n) is 4.45. The number of benzene rings is 3. The van der Waals surface area contributed by atoms with Gasteiger partial charge in [-0.2, -0.15) is 0 Å². The van der Waals surface area contributed by atoms with Gasteiger partial charge in [0.05, 0.1) is 0 Å². The molecule has 3 aromatic carbocycles. The fraction of sp³-hybridized carbons (Fsp3) is 0.0952. The molecule has 0 amide bonds. The van der Waals surface area contributed by atoms with Gasteiger partial charge in [-0.05, 0) is 67.7 Å². The van der Waals surface area contributed by atoms with Crippen molar-refractivity contribution < 1.29 is 4.39 Å². The number of para-hydroxylation sites is 1. The molecule has 4 rings (SSSR count). The van der Waals surface area contributed by atoms with Gasteiger partial charge in [0.2, 0.25) is 0 Å². The van der Waals surface area contributed by atoms with Crippen LogP contribution in [-0.4, -0.2) is 9.68 Å². The summed E-state index contributed by atoms with van der Waals surface area (Å²) in [5.41, 5.74) is 4.09. The van der Waals surface area contributed by atoms with Crippen LogP contribution in [0.5, 0.6) is 0 Å². The summed E-state index contributed by atoms with van der Waals surface area (Å²) < 4.78 is 15.3. The van der Waals surface area contributed by atoms with Gasteiger partial charge < -0.3 is 15.2 Å². The van der Waals surface area contributed by atoms with Crippen LogP contribution in [0.25, 0.3) is 21.8 Å². The van der Waals surface area contributed by atoms with Gasteiger partial charge in [-0.15, -0.1) is 0 Å². The van der Waals surface area contributed by atoms with Crippen LogP contribution < -0.4 is 10.6 Å². The monoisotopic (exact) mass is 363 g/mol. The first kappa shape index (κ1) is 16.5. The summed E-state index contributed by atoms with van der Waals surface area (Å²) in [5, 5.41) is 9.16. The zero-order valence-corrected chi connectivity index (χ0v) is 15.1. The highest BCUT2D eigenvalue weighted by atomic mass is 32.1. The molecule has 26 heavy (non-hydrogen) atoms. The number of hydrogen-bond acceptors (Lipinski definition) is 1. The quantitative estimate of drug-likeness (QED) is 0.453. The van der Waals surface area contributed by atoms with E-state index in [4.69, 9.17) is 12.2 Å². The first-order chi connectivity index (χ1) is 12.7. The van der Waals surface area contributed by atoms with Crippen LogP contribution in [0.2, 0.25) is 0 Å². The van der Waals surface area contributed by atoms with E-state index in [9.17, 15) is 4.39 Å². The van der Waals surface area contributed by atoms with Crippen LogP contribution in [0.4, 0.5) is 15.8 Å². The molecule has 0 spiro atoms. The van der Waals surface area contributed by atoms with E-state index in [0.29, 0.717) is 5.11 Å². The largest absolute Gasteiger partial charge is 0.341 e. The normalized spacial score (nSPS) is 11.0. The number of aromatic nitrogens is 1. The van der Waals surface area contributed by atoms with Crippen molar-refractivity contribution in [2.24, 2.45) is 0 Å². The SMILES string of the molecule is CCn1c2ccccc2c2cc(NC(=S)Nc3ccc(F)cc3)ccc21. The van der Waals surface area contributed by atoms with E-state index >= 15 is 0 Å². The predicted molar refractivity (Wildman–Crippen MR) is 111 cm³/mol. The van der Waals surface area contributed by atoms with E-state index in [-0.39, 0.29) is 5.82 Å². The molecule has 0 bridgehead atoms. The number of thiocarbonyl (C=S) groups is 1. The number of nitrogens with one attached hydrogen (secondary N) is 2. The Morgan fingerprint density at radius 3 is 2.31 bits per heavy atom. The molecule has 2 N–H and O–H groups in total. The molecule has 1 aromatic heterocycles. The van der Waals surface area contributed by atoms with Gasteiger partial charge >= 0.3 is 0 Å². The lowest BCUT2D eigenvalue weighted by atomic mass is 10.1. The minimum atomic E-state index is -0.271. The molecule has 0 aliphatic rings. The summed E-state index contributed by atoms with van der Waals surface area (Å²) in [6.45, 7) is 3.07. The standard InChI is InChI=1S/C21H18FN3S/c1-2-25-19-6-4-3-5-17(19)18-13-16(11-12-20(18)25)24-21(26)23-15-9-7-14(22)8-10-15/h3-13H,2H2,1H3,(H2,23,24,26). The zero-order chi connectivity index (χ0) is 18.1. The maximum Gasteiger partial charge on any atom is 0.175 e. The molecule has 0 aliphatic carbocycles. The molecule has 0 radical (unpaired) electrons. The second kappa shape index (κ2) is 6.77. The molecule has 5 heteroatoms. The molecule has 0 saturated heterocycles. The van der Waals surface area contributed by atoms with Crippen LogP contribution in [0.1, 0.15) is 6.92 Å². The van der Waals surface area contributed by atoms with Crippen LogP contribution in [-0.2, 0) is 6.54 Å². The summed E-state index contributed by atoms with van der Waals surface area (Å²) in [6, 6.07) is 20.8. The topological polar surface area (TPSA) is 29.0 Å². The average molecular weight is 363 g/mol. The second-order valence-corrected chi connectivity index (χ2v) is 6.49. The van der Waals surface area contributed by atoms with Gasteiger partial charge in [0, 0.05) is 39.7 Å². The Bertz CT molecular complexity index is 1100. The lowest BCUT2D eigenvalue weighted by molar-refractivity contribution is 0.628. The van der Waals surface area contributed by atoms with Gasteiger partial charge in [0.15, 0.2) is 5.11 Å². The van der Waals surface area contributed by atoms with E-state index in [1.54, 1.807) is 12.1 Å². The average Bonchev–Trinajstić information content (AvgIpc) is 2.97. The van der Waals surface area contributed by atoms with E-state index in [2.05, 4.69) is 58.5 Å². The first-order valence-electron chi connectivity index (χ1n) is 8.50. The van der Waals surface area contributed by atoms with Gasteiger partial charge in [0.25, 0.3) is 0 Å². The van der Waals surface area contributed by atoms with Gasteiger partial charge in [-0.1, -0.05) is 18.2 Å². The number of hydrogen-bond donors (Lipinski definition) is 2. The minimum absolute atomic E-state index is 0.271. The summed E-state index contributed by atoms with van der Waals surface area (Å²) >= 11 is 5.38. The summed E-state index contributed by atoms with van der Waals surface area (Å²) in [7, 11) is 0. The third kappa shape index (κ3) is 3.02. The number of fused-ring (bicyclic) bond motifs is 3. The highest BCUT2D eigenvalue weighted by Gasteiger charge is 2.10. The van der Waals surface area contributed by atoms with Crippen LogP contribution in [0, 0.1) is 5.82 Å². The minimum Gasteiger partial charge on any atom is -0.341 e. The molecular weight excluding hydrogens is 345 g/mol. The highest BCUT2D eigenvalue weighted by molar-refractivity contribution is 7.80. The van der Waals surface area contributed by atoms with Gasteiger partial charge in [-0.3, -0.25) is 0 Å². The summed E-state index contributed by atoms with van der Waals surface area (Å²) in [4.78, 5) is 0. The van der Waals surface area contributed by atoms with Crippen LogP contribution >= 0.6 is 12.2 Å². The van der Waals surface area contributed by atoms with Crippen molar-refractivity contribution in [2.45, 2.75) is 13.5 Å². The molecule has 4 aromatic rings. The fourth-order valence-corrected chi connectivity index (χ4v) is 3.53. The van der Waals surface area contributed by atoms with E-state index in [1.165, 1.54) is 33.9 Å². The van der Waals surface area contributed by atoms with Crippen molar-refractivity contribution in [3.63, 3.8) is 0 Å². The number of anilines is 2. The van der Waals surface area contributed by atoms with Crippen molar-refractivity contribution in [1.29, 1.82) is 0 Å². The van der Waals surface area contributed by atoms with Crippen molar-refractivity contribution in [3.8, 4) is 0 Å². The molecule has 0 aliphatic heterocycles. The van der Waals surface area contributed by atoms with Crippen LogP contribution in [0.3, 0.4) is 0 Å². The third-order valence-corrected chi connectivity index (χ3v) is 4.65. The molecule has 3 nitrogen and oxygen atoms in total. The number of nitrogens with zero attached hydrogens (tertiary/aromatic N) is 1. The smallest absolute Gasteiger partial charge is 0.175 e. The van der Waals surface area contributed by atoms with E-state index in [1.807, 2.05) is 6.07 Å². The zero-order valence-electron chi connectivity index (χ0n) is 14.3. The molecule has 130 valence electrons. The second-order valence-electron chi connectivity index (χ2n) is 6.08. The Balaban J connectivity index is 1.64. The Kier molecular flexibility index (Phi) is 4.31. The van der Waals surface area contributed by atoms with E-state index < -0.39 is 0 Å². The maximum atomic E-state index is 13.0. The maximum absolute atomic E-state index is 13.0. The number of halogens is 1. The molecule has 0 fully saturated rings. The lowest BCUT2D eigenvalue weighted by Crippen LogP contribution is -2.18. The van der Waals surface area contributed by atoms with Crippen molar-refractivity contribution in [3.05, 3.63) is 72.5 Å². The lowest BCUT2D eigenvalue weighted by Gasteiger charge is -2.11. The predicted octanol–water partition coefficient (Wildman–Crippen LogP) is 5.76. The first-order valence-corrected chi connectivity index (χ1v) is 8.91. The van der Waals surface area contributed by atoms with E-state index in [0.717, 1.165) is 17.9 Å². The fourth-order valence-electron chi connectivity index (χ4n) is 3.30. The van der Waals surface area contributed by atoms with Gasteiger partial charge in [-0.25, -0.2) is 4.39 Å². The highest BCUT2D eigenvalue weighted by Crippen LogP contribution is 2.31. The Morgan fingerprint density at radius 1 is 0.885 bits per heavy atom. The summed E-state index contributed by atoms with van der Waals surface area (Å²) in [6.07, 6.45) is 0. The molecule has 0 atom stereocenters. The molecular formula is C21H18FN3S. The van der Waals surface area contributed by atoms with Crippen molar-refractivity contribution in [2.75, 3.05) is 10.6 Å². The van der Waals surface area contributed by atoms with Crippen molar-refractivity contribution in [1.82, 2.24) is 4.57 Å². The number of aryl methyl sites for hydroxylation is 1. The number of rotatable bonds is 3. The van der Waals surface area contributed by atoms with Crippen LogP contribution in [0.15, 0.2) is 66.7 Å². The molecule has 0 unspecified atom stereocenters. The Hall–Kier alpha value is -2.92.